The van der Waals surface area contributed by atoms with Crippen molar-refractivity contribution >= 4 is 39.6 Å². The topological polar surface area (TPSA) is 174 Å². The van der Waals surface area contributed by atoms with Crippen molar-refractivity contribution < 1.29 is 32.4 Å². The molecular formula is C37H58N6O7S. The monoisotopic (exact) mass is 730 g/mol. The Morgan fingerprint density at radius 1 is 1.00 bits per heavy atom. The van der Waals surface area contributed by atoms with Crippen LogP contribution in [0.1, 0.15) is 78.9 Å². The van der Waals surface area contributed by atoms with Crippen molar-refractivity contribution in [1.82, 2.24) is 30.5 Å². The first-order valence-electron chi connectivity index (χ1n) is 18.2. The number of piperidine rings is 1. The Morgan fingerprint density at radius 3 is 2.14 bits per heavy atom. The number of likely N-dealkylation sites (tertiary alicyclic amines) is 1. The van der Waals surface area contributed by atoms with Crippen LogP contribution in [0.3, 0.4) is 0 Å². The summed E-state index contributed by atoms with van der Waals surface area (Å²) in [5.41, 5.74) is 1.44. The lowest BCUT2D eigenvalue weighted by Gasteiger charge is -2.37. The van der Waals surface area contributed by atoms with Crippen molar-refractivity contribution in [2.24, 2.45) is 28.6 Å². The highest BCUT2D eigenvalue weighted by molar-refractivity contribution is 7.88. The molecule has 1 aliphatic heterocycles. The van der Waals surface area contributed by atoms with E-state index >= 15 is 0 Å². The number of Topliss-reactive ketones (excluding diaryl/α,β-unsaturated/α-hetero) is 1. The van der Waals surface area contributed by atoms with E-state index in [0.29, 0.717) is 32.2 Å². The molecule has 13 nitrogen and oxygen atoms in total. The van der Waals surface area contributed by atoms with Gasteiger partial charge in [-0.1, -0.05) is 78.6 Å². The quantitative estimate of drug-likeness (QED) is 0.200. The molecule has 51 heavy (non-hydrogen) atoms. The van der Waals surface area contributed by atoms with Crippen LogP contribution in [0.4, 0.5) is 4.79 Å². The van der Waals surface area contributed by atoms with Gasteiger partial charge in [-0.25, -0.2) is 17.5 Å². The van der Waals surface area contributed by atoms with Gasteiger partial charge in [0.2, 0.25) is 27.6 Å². The molecule has 0 radical (unpaired) electrons. The second-order valence-electron chi connectivity index (χ2n) is 16.3. The summed E-state index contributed by atoms with van der Waals surface area (Å²) in [5.74, 6) is -2.72. The molecule has 2 aliphatic carbocycles. The van der Waals surface area contributed by atoms with E-state index in [9.17, 15) is 32.4 Å². The van der Waals surface area contributed by atoms with Crippen LogP contribution < -0.4 is 21.3 Å². The number of likely N-dealkylation sites (N-methyl/N-ethyl adjacent to an activating group) is 2. The summed E-state index contributed by atoms with van der Waals surface area (Å²) in [6.07, 6.45) is 3.89. The van der Waals surface area contributed by atoms with E-state index in [1.807, 2.05) is 52.0 Å². The zero-order valence-corrected chi connectivity index (χ0v) is 32.5. The maximum Gasteiger partial charge on any atom is 0.315 e. The number of sulfonamides is 1. The Morgan fingerprint density at radius 2 is 1.61 bits per heavy atom. The van der Waals surface area contributed by atoms with E-state index in [-0.39, 0.29) is 42.2 Å². The molecular weight excluding hydrogens is 673 g/mol. The second-order valence-corrected chi connectivity index (χ2v) is 18.4. The molecule has 4 rings (SSSR count). The number of nitrogens with zero attached hydrogens (tertiary/aromatic N) is 2. The average Bonchev–Trinajstić information content (AvgIpc) is 3.41. The molecule has 1 aromatic rings. The number of benzene rings is 1. The van der Waals surface area contributed by atoms with Gasteiger partial charge >= 0.3 is 6.03 Å². The minimum Gasteiger partial charge on any atom is -0.350 e. The first-order valence-corrected chi connectivity index (χ1v) is 20.0. The van der Waals surface area contributed by atoms with Crippen molar-refractivity contribution in [2.75, 3.05) is 32.9 Å². The summed E-state index contributed by atoms with van der Waals surface area (Å²) in [4.78, 5) is 70.0. The van der Waals surface area contributed by atoms with Crippen LogP contribution in [0.5, 0.6) is 0 Å². The lowest BCUT2D eigenvalue weighted by Crippen LogP contribution is -2.61. The highest BCUT2D eigenvalue weighted by atomic mass is 32.2. The average molecular weight is 731 g/mol. The van der Waals surface area contributed by atoms with E-state index < -0.39 is 63.2 Å². The number of rotatable bonds is 15. The van der Waals surface area contributed by atoms with Crippen molar-refractivity contribution in [2.45, 2.75) is 105 Å². The minimum atomic E-state index is -3.52. The number of unbranched alkanes of at least 4 members (excludes halogenated alkanes) is 1. The molecule has 284 valence electrons. The fourth-order valence-corrected chi connectivity index (χ4v) is 8.23. The van der Waals surface area contributed by atoms with Crippen LogP contribution in [0.15, 0.2) is 24.3 Å². The maximum absolute atomic E-state index is 14.8. The molecule has 0 aromatic heterocycles. The molecule has 14 heteroatoms. The molecule has 0 spiro atoms. The van der Waals surface area contributed by atoms with Crippen molar-refractivity contribution in [3.63, 3.8) is 0 Å². The van der Waals surface area contributed by atoms with Crippen LogP contribution in [0.2, 0.25) is 0 Å². The van der Waals surface area contributed by atoms with Crippen LogP contribution >= 0.6 is 0 Å². The third-order valence-electron chi connectivity index (χ3n) is 11.3. The summed E-state index contributed by atoms with van der Waals surface area (Å²) in [6, 6.07) is 3.82. The molecule has 1 aromatic carbocycles. The van der Waals surface area contributed by atoms with E-state index in [1.165, 1.54) is 11.4 Å². The normalized spacial score (nSPS) is 22.7. The number of urea groups is 1. The lowest BCUT2D eigenvalue weighted by molar-refractivity contribution is -0.144. The van der Waals surface area contributed by atoms with Gasteiger partial charge in [0.05, 0.1) is 12.3 Å². The first kappa shape index (κ1) is 40.3. The van der Waals surface area contributed by atoms with Gasteiger partial charge in [-0.15, -0.1) is 0 Å². The Bertz CT molecular complexity index is 1580. The Hall–Kier alpha value is -3.52. The number of hydrogen-bond donors (Lipinski definition) is 4. The molecule has 1 saturated carbocycles. The summed E-state index contributed by atoms with van der Waals surface area (Å²) >= 11 is 0. The van der Waals surface area contributed by atoms with Crippen LogP contribution in [-0.2, 0) is 42.0 Å². The number of carbonyl (C=O) groups is 5. The fourth-order valence-electron chi connectivity index (χ4n) is 7.81. The van der Waals surface area contributed by atoms with E-state index in [1.54, 1.807) is 11.8 Å². The molecule has 0 bridgehead atoms. The highest BCUT2D eigenvalue weighted by Crippen LogP contribution is 2.65. The summed E-state index contributed by atoms with van der Waals surface area (Å²) in [7, 11) is -2.06. The third kappa shape index (κ3) is 9.11. The smallest absolute Gasteiger partial charge is 0.315 e. The van der Waals surface area contributed by atoms with Gasteiger partial charge in [0.1, 0.15) is 12.1 Å². The number of fused-ring (bicyclic) bond motifs is 2. The van der Waals surface area contributed by atoms with Crippen molar-refractivity contribution in [3.8, 4) is 0 Å². The standard InChI is InChI=1S/C37H58N6O7S/c1-10-12-17-26(31(44)33(46)38-11-2)39-32(45)30-28-25(37(28,6)7)20-43(30)34(47)29(24-18-22-15-13-14-16-23(22)19-24)41-35(48)40-27(36(3,4)5)21-42(8)51(9,49)50/h13-16,24-30H,10-12,17-21H2,1-9H3,(H,38,46)(H,39,45)(H2,40,41,48)/t25-,26?,27+,28-,29-,30-/m0/s1. The molecule has 5 amide bonds. The predicted octanol–water partition coefficient (Wildman–Crippen LogP) is 2.24. The molecule has 3 aliphatic rings. The molecule has 1 saturated heterocycles. The molecule has 1 unspecified atom stereocenters. The molecule has 4 N–H and O–H groups in total. The van der Waals surface area contributed by atoms with Crippen molar-refractivity contribution in [3.05, 3.63) is 35.4 Å². The van der Waals surface area contributed by atoms with Crippen molar-refractivity contribution in [1.29, 1.82) is 0 Å². The Balaban J connectivity index is 1.62. The van der Waals surface area contributed by atoms with E-state index in [2.05, 4.69) is 35.1 Å². The summed E-state index contributed by atoms with van der Waals surface area (Å²) in [5, 5.41) is 11.3. The number of ketones is 1. The number of nitrogens with one attached hydrogen (secondary N) is 4. The van der Waals surface area contributed by atoms with Crippen LogP contribution in [0.25, 0.3) is 0 Å². The van der Waals surface area contributed by atoms with Crippen LogP contribution in [0, 0.1) is 28.6 Å². The van der Waals surface area contributed by atoms with Gasteiger partial charge in [0.15, 0.2) is 0 Å². The highest BCUT2D eigenvalue weighted by Gasteiger charge is 2.69. The van der Waals surface area contributed by atoms with Gasteiger partial charge in [-0.05, 0) is 65.9 Å². The number of hydrogen-bond acceptors (Lipinski definition) is 7. The number of carbonyl (C=O) groups excluding carboxylic acids is 5. The lowest BCUT2D eigenvalue weighted by atomic mass is 9.86. The van der Waals surface area contributed by atoms with E-state index in [4.69, 9.17) is 0 Å². The zero-order valence-electron chi connectivity index (χ0n) is 31.7. The third-order valence-corrected chi connectivity index (χ3v) is 12.5. The maximum atomic E-state index is 14.8. The van der Waals surface area contributed by atoms with Gasteiger partial charge < -0.3 is 26.2 Å². The molecule has 2 fully saturated rings. The van der Waals surface area contributed by atoms with Gasteiger partial charge in [0.25, 0.3) is 5.91 Å². The SMILES string of the molecule is CCCCC(NC(=O)[C@@H]1[C@@H]2[C@H](CN1C(=O)[C@@H](NC(=O)N[C@H](CN(C)S(C)(=O)=O)C(C)(C)C)C1Cc3ccccc3C1)C2(C)C)C(=O)C(=O)NCC. The zero-order chi connectivity index (χ0) is 38.1. The fraction of sp³-hybridized carbons (Fsp3) is 0.703. The summed E-state index contributed by atoms with van der Waals surface area (Å²) in [6.45, 7) is 14.1. The number of amides is 5. The second kappa shape index (κ2) is 15.6. The Kier molecular flexibility index (Phi) is 12.3. The van der Waals surface area contributed by atoms with Gasteiger partial charge in [0, 0.05) is 32.7 Å². The van der Waals surface area contributed by atoms with Gasteiger partial charge in [-0.3, -0.25) is 19.2 Å². The summed E-state index contributed by atoms with van der Waals surface area (Å²) < 4.78 is 25.6. The van der Waals surface area contributed by atoms with E-state index in [0.717, 1.165) is 23.8 Å². The van der Waals surface area contributed by atoms with Crippen LogP contribution in [-0.4, -0.2) is 104 Å². The predicted molar refractivity (Wildman–Crippen MR) is 195 cm³/mol. The minimum absolute atomic E-state index is 0.0320. The first-order chi connectivity index (χ1) is 23.7. The molecule has 6 atom stereocenters. The largest absolute Gasteiger partial charge is 0.350 e. The molecule has 1 heterocycles. The van der Waals surface area contributed by atoms with Gasteiger partial charge in [-0.2, -0.15) is 0 Å². The Labute approximate surface area is 303 Å².